The zero-order chi connectivity index (χ0) is 19.1. The van der Waals surface area contributed by atoms with Gasteiger partial charge in [0.15, 0.2) is 0 Å². The van der Waals surface area contributed by atoms with Gasteiger partial charge in [-0.05, 0) is 36.8 Å². The number of aryl methyl sites for hydroxylation is 1. The van der Waals surface area contributed by atoms with E-state index in [1.54, 1.807) is 11.8 Å². The van der Waals surface area contributed by atoms with Crippen LogP contribution >= 0.6 is 11.8 Å². The molecule has 1 N–H and O–H groups in total. The van der Waals surface area contributed by atoms with Gasteiger partial charge in [-0.3, -0.25) is 9.69 Å². The third kappa shape index (κ3) is 2.88. The smallest absolute Gasteiger partial charge is 0.238 e. The predicted octanol–water partition coefficient (Wildman–Crippen LogP) is 5.32. The van der Waals surface area contributed by atoms with E-state index in [1.165, 1.54) is 5.56 Å². The molecule has 0 saturated carbocycles. The molecule has 4 aromatic rings. The highest BCUT2D eigenvalue weighted by Gasteiger charge is 2.35. The molecule has 1 amide bonds. The van der Waals surface area contributed by atoms with Crippen molar-refractivity contribution in [2.75, 3.05) is 10.7 Å². The minimum atomic E-state index is -0.0290. The van der Waals surface area contributed by atoms with Crippen molar-refractivity contribution in [1.29, 1.82) is 0 Å². The number of carbonyl (C=O) groups excluding carboxylic acids is 1. The zero-order valence-electron chi connectivity index (χ0n) is 15.4. The number of aromatic nitrogens is 2. The summed E-state index contributed by atoms with van der Waals surface area (Å²) in [5.41, 5.74) is 6.09. The molecular weight excluding hydrogens is 366 g/mol. The molecule has 28 heavy (non-hydrogen) atoms. The Balaban J connectivity index is 1.62. The number of nitrogens with zero attached hydrogens (tertiary/aromatic N) is 2. The number of hydrogen-bond acceptors (Lipinski definition) is 3. The lowest BCUT2D eigenvalue weighted by Crippen LogP contribution is -2.28. The average Bonchev–Trinajstić information content (AvgIpc) is 3.32. The van der Waals surface area contributed by atoms with E-state index < -0.39 is 0 Å². The Morgan fingerprint density at radius 2 is 1.75 bits per heavy atom. The summed E-state index contributed by atoms with van der Waals surface area (Å²) < 4.78 is 0. The van der Waals surface area contributed by atoms with Crippen LogP contribution in [0.3, 0.4) is 0 Å². The average molecular weight is 385 g/mol. The molecule has 0 radical (unpaired) electrons. The van der Waals surface area contributed by atoms with Crippen LogP contribution in [0.2, 0.25) is 0 Å². The van der Waals surface area contributed by atoms with Crippen molar-refractivity contribution in [1.82, 2.24) is 9.97 Å². The fraction of sp³-hybridized carbons (Fsp3) is 0.130. The quantitative estimate of drug-likeness (QED) is 0.519. The number of imidazole rings is 1. The topological polar surface area (TPSA) is 49.0 Å². The highest BCUT2D eigenvalue weighted by atomic mass is 32.2. The van der Waals surface area contributed by atoms with Gasteiger partial charge in [0, 0.05) is 5.56 Å². The molecule has 2 heterocycles. The van der Waals surface area contributed by atoms with E-state index in [9.17, 15) is 4.79 Å². The van der Waals surface area contributed by atoms with E-state index >= 15 is 0 Å². The van der Waals surface area contributed by atoms with Gasteiger partial charge < -0.3 is 4.98 Å². The zero-order valence-corrected chi connectivity index (χ0v) is 16.2. The van der Waals surface area contributed by atoms with Crippen molar-refractivity contribution >= 4 is 34.4 Å². The molecule has 0 aliphatic carbocycles. The number of H-pyrrole nitrogens is 1. The Kier molecular flexibility index (Phi) is 4.17. The van der Waals surface area contributed by atoms with Crippen molar-refractivity contribution in [2.24, 2.45) is 0 Å². The number of hydrogen-bond donors (Lipinski definition) is 1. The Morgan fingerprint density at radius 3 is 2.57 bits per heavy atom. The summed E-state index contributed by atoms with van der Waals surface area (Å²) >= 11 is 1.67. The van der Waals surface area contributed by atoms with Crippen LogP contribution in [-0.2, 0) is 4.79 Å². The fourth-order valence-corrected chi connectivity index (χ4v) is 4.80. The van der Waals surface area contributed by atoms with Gasteiger partial charge >= 0.3 is 0 Å². The number of para-hydroxylation sites is 3. The summed E-state index contributed by atoms with van der Waals surface area (Å²) in [6, 6.07) is 24.4. The van der Waals surface area contributed by atoms with E-state index in [4.69, 9.17) is 4.98 Å². The molecule has 1 fully saturated rings. The predicted molar refractivity (Wildman–Crippen MR) is 115 cm³/mol. The van der Waals surface area contributed by atoms with Crippen molar-refractivity contribution in [3.63, 3.8) is 0 Å². The van der Waals surface area contributed by atoms with Crippen LogP contribution in [0.25, 0.3) is 22.4 Å². The normalized spacial score (nSPS) is 16.8. The van der Waals surface area contributed by atoms with Gasteiger partial charge in [-0.25, -0.2) is 4.98 Å². The minimum Gasteiger partial charge on any atom is -0.338 e. The molecule has 1 saturated heterocycles. The maximum Gasteiger partial charge on any atom is 0.238 e. The molecule has 1 aliphatic rings. The highest BCUT2D eigenvalue weighted by Crippen LogP contribution is 2.44. The lowest BCUT2D eigenvalue weighted by molar-refractivity contribution is -0.115. The number of thioether (sulfide) groups is 1. The lowest BCUT2D eigenvalue weighted by Gasteiger charge is -2.26. The number of amides is 1. The second-order valence-electron chi connectivity index (χ2n) is 6.96. The molecule has 1 aromatic heterocycles. The molecule has 5 rings (SSSR count). The number of rotatable bonds is 3. The lowest BCUT2D eigenvalue weighted by atomic mass is 10.1. The maximum absolute atomic E-state index is 12.9. The van der Waals surface area contributed by atoms with Crippen LogP contribution in [0.4, 0.5) is 5.69 Å². The molecule has 1 unspecified atom stereocenters. The van der Waals surface area contributed by atoms with E-state index in [2.05, 4.69) is 36.2 Å². The maximum atomic E-state index is 12.9. The number of fused-ring (bicyclic) bond motifs is 1. The van der Waals surface area contributed by atoms with Gasteiger partial charge in [-0.1, -0.05) is 54.1 Å². The van der Waals surface area contributed by atoms with Gasteiger partial charge in [-0.2, -0.15) is 0 Å². The first-order valence-electron chi connectivity index (χ1n) is 9.25. The molecule has 3 aromatic carbocycles. The summed E-state index contributed by atoms with van der Waals surface area (Å²) in [5, 5.41) is -0.0290. The molecule has 4 nitrogen and oxygen atoms in total. The van der Waals surface area contributed by atoms with E-state index in [0.29, 0.717) is 5.75 Å². The third-order valence-electron chi connectivity index (χ3n) is 5.04. The molecule has 5 heteroatoms. The van der Waals surface area contributed by atoms with Crippen LogP contribution < -0.4 is 4.90 Å². The number of carbonyl (C=O) groups is 1. The summed E-state index contributed by atoms with van der Waals surface area (Å²) in [6.45, 7) is 2.07. The van der Waals surface area contributed by atoms with Crippen molar-refractivity contribution < 1.29 is 4.79 Å². The van der Waals surface area contributed by atoms with Crippen molar-refractivity contribution in [3.8, 4) is 11.4 Å². The SMILES string of the molecule is Cc1ccc(C2SCC(=O)N2c2ccccc2-c2nc3ccccc3[nH]2)cc1. The summed E-state index contributed by atoms with van der Waals surface area (Å²) in [7, 11) is 0. The Labute approximate surface area is 167 Å². The molecule has 0 spiro atoms. The van der Waals surface area contributed by atoms with Gasteiger partial charge in [0.1, 0.15) is 11.2 Å². The molecule has 1 aliphatic heterocycles. The van der Waals surface area contributed by atoms with Gasteiger partial charge in [-0.15, -0.1) is 11.8 Å². The first-order chi connectivity index (χ1) is 13.7. The van der Waals surface area contributed by atoms with Gasteiger partial charge in [0.25, 0.3) is 0 Å². The first-order valence-corrected chi connectivity index (χ1v) is 10.3. The fourth-order valence-electron chi connectivity index (χ4n) is 3.63. The molecular formula is C23H19N3OS. The van der Waals surface area contributed by atoms with Crippen LogP contribution in [0.15, 0.2) is 72.8 Å². The Bertz CT molecular complexity index is 1130. The largest absolute Gasteiger partial charge is 0.338 e. The first kappa shape index (κ1) is 17.1. The number of anilines is 1. The number of aromatic amines is 1. The van der Waals surface area contributed by atoms with E-state index in [-0.39, 0.29) is 11.3 Å². The van der Waals surface area contributed by atoms with Crippen molar-refractivity contribution in [2.45, 2.75) is 12.3 Å². The monoisotopic (exact) mass is 385 g/mol. The van der Waals surface area contributed by atoms with Crippen LogP contribution in [0.1, 0.15) is 16.5 Å². The van der Waals surface area contributed by atoms with Crippen LogP contribution in [0, 0.1) is 6.92 Å². The number of benzene rings is 3. The van der Waals surface area contributed by atoms with Gasteiger partial charge in [0.2, 0.25) is 5.91 Å². The van der Waals surface area contributed by atoms with Crippen LogP contribution in [-0.4, -0.2) is 21.6 Å². The summed E-state index contributed by atoms with van der Waals surface area (Å²) in [6.07, 6.45) is 0. The van der Waals surface area contributed by atoms with Crippen LogP contribution in [0.5, 0.6) is 0 Å². The highest BCUT2D eigenvalue weighted by molar-refractivity contribution is 8.00. The molecule has 138 valence electrons. The Hall–Kier alpha value is -3.05. The van der Waals surface area contributed by atoms with Crippen molar-refractivity contribution in [3.05, 3.63) is 83.9 Å². The molecule has 0 bridgehead atoms. The van der Waals surface area contributed by atoms with E-state index in [0.717, 1.165) is 33.7 Å². The number of nitrogens with one attached hydrogen (secondary N) is 1. The standard InChI is InChI=1S/C23H19N3OS/c1-15-10-12-16(13-11-15)23-26(21(27)14-28-23)20-9-5-2-6-17(20)22-24-18-7-3-4-8-19(18)25-22/h2-13,23H,14H2,1H3,(H,24,25). The molecule has 1 atom stereocenters. The second-order valence-corrected chi connectivity index (χ2v) is 8.03. The summed E-state index contributed by atoms with van der Waals surface area (Å²) in [4.78, 5) is 22.9. The Morgan fingerprint density at radius 1 is 1.00 bits per heavy atom. The van der Waals surface area contributed by atoms with Gasteiger partial charge in [0.05, 0.1) is 22.5 Å². The van der Waals surface area contributed by atoms with E-state index in [1.807, 2.05) is 53.4 Å². The minimum absolute atomic E-state index is 0.0290. The third-order valence-corrected chi connectivity index (χ3v) is 6.25. The second kappa shape index (κ2) is 6.84. The summed E-state index contributed by atoms with van der Waals surface area (Å²) in [5.74, 6) is 1.39.